The van der Waals surface area contributed by atoms with Crippen molar-refractivity contribution in [1.82, 2.24) is 4.90 Å². The topological polar surface area (TPSA) is 40.5 Å². The number of nitrogens with zero attached hydrogens (tertiary/aromatic N) is 1. The molecule has 0 atom stereocenters. The smallest absolute Gasteiger partial charge is 0.303 e. The van der Waals surface area contributed by atoms with Gasteiger partial charge in [0, 0.05) is 29.3 Å². The van der Waals surface area contributed by atoms with Crippen LogP contribution in [-0.4, -0.2) is 35.6 Å². The minimum Gasteiger partial charge on any atom is -0.481 e. The zero-order chi connectivity index (χ0) is 18.6. The largest absolute Gasteiger partial charge is 0.481 e. The Balaban J connectivity index is 1.52. The van der Waals surface area contributed by atoms with Crippen molar-refractivity contribution in [3.05, 3.63) is 65.2 Å². The Kier molecular flexibility index (Phi) is 5.65. The molecule has 2 aliphatic rings. The van der Waals surface area contributed by atoms with Gasteiger partial charge in [-0.3, -0.25) is 4.79 Å². The number of fused-ring (bicyclic) bond motifs is 2. The van der Waals surface area contributed by atoms with Crippen LogP contribution in [-0.2, 0) is 4.79 Å². The predicted molar refractivity (Wildman–Crippen MR) is 110 cm³/mol. The van der Waals surface area contributed by atoms with E-state index in [1.807, 2.05) is 11.8 Å². The van der Waals surface area contributed by atoms with E-state index in [1.165, 1.54) is 26.5 Å². The van der Waals surface area contributed by atoms with Crippen molar-refractivity contribution in [3.8, 4) is 0 Å². The normalized spacial score (nSPS) is 16.7. The zero-order valence-corrected chi connectivity index (χ0v) is 16.3. The lowest BCUT2D eigenvalue weighted by molar-refractivity contribution is -0.137. The average molecular weight is 380 g/mol. The number of carboxylic acids is 1. The van der Waals surface area contributed by atoms with Crippen molar-refractivity contribution in [1.29, 1.82) is 0 Å². The number of carboxylic acid groups (broad SMARTS) is 1. The van der Waals surface area contributed by atoms with Gasteiger partial charge in [0.2, 0.25) is 0 Å². The van der Waals surface area contributed by atoms with Gasteiger partial charge in [0.05, 0.1) is 0 Å². The molecule has 2 aromatic rings. The number of piperidine rings is 1. The molecule has 140 valence electrons. The number of carbonyl (C=O) groups is 1. The molecule has 0 saturated carbocycles. The molecule has 2 heterocycles. The van der Waals surface area contributed by atoms with Crippen molar-refractivity contribution < 1.29 is 9.90 Å². The molecule has 1 saturated heterocycles. The molecule has 0 aromatic heterocycles. The Morgan fingerprint density at radius 2 is 1.52 bits per heavy atom. The first-order chi connectivity index (χ1) is 13.2. The first-order valence-electron chi connectivity index (χ1n) is 9.75. The molecular formula is C23H25NO2S. The summed E-state index contributed by atoms with van der Waals surface area (Å²) in [7, 11) is 0. The van der Waals surface area contributed by atoms with Crippen LogP contribution >= 0.6 is 11.8 Å². The molecule has 2 aromatic carbocycles. The molecule has 4 heteroatoms. The van der Waals surface area contributed by atoms with Gasteiger partial charge in [-0.15, -0.1) is 0 Å². The van der Waals surface area contributed by atoms with Crippen LogP contribution in [0.4, 0.5) is 0 Å². The van der Waals surface area contributed by atoms with Crippen LogP contribution in [0.3, 0.4) is 0 Å². The van der Waals surface area contributed by atoms with Gasteiger partial charge in [0.15, 0.2) is 0 Å². The molecule has 4 rings (SSSR count). The van der Waals surface area contributed by atoms with E-state index < -0.39 is 5.97 Å². The summed E-state index contributed by atoms with van der Waals surface area (Å²) in [6.45, 7) is 3.16. The summed E-state index contributed by atoms with van der Waals surface area (Å²) in [4.78, 5) is 15.8. The van der Waals surface area contributed by atoms with E-state index >= 15 is 0 Å². The van der Waals surface area contributed by atoms with E-state index in [9.17, 15) is 4.79 Å². The molecular weight excluding hydrogens is 354 g/mol. The van der Waals surface area contributed by atoms with Crippen LogP contribution in [0.5, 0.6) is 0 Å². The maximum atomic E-state index is 10.6. The fraction of sp³-hybridized carbons (Fsp3) is 0.348. The Labute approximate surface area is 165 Å². The van der Waals surface area contributed by atoms with Gasteiger partial charge in [-0.2, -0.15) is 0 Å². The third-order valence-electron chi connectivity index (χ3n) is 5.46. The predicted octanol–water partition coefficient (Wildman–Crippen LogP) is 5.30. The summed E-state index contributed by atoms with van der Waals surface area (Å²) >= 11 is 1.87. The number of unbranched alkanes of at least 4 members (excludes halogenated alkanes) is 1. The Hall–Kier alpha value is -2.04. The summed E-state index contributed by atoms with van der Waals surface area (Å²) in [5.74, 6) is -0.687. The Morgan fingerprint density at radius 1 is 0.926 bits per heavy atom. The van der Waals surface area contributed by atoms with Gasteiger partial charge in [0.1, 0.15) is 0 Å². The maximum Gasteiger partial charge on any atom is 0.303 e. The molecule has 0 amide bonds. The van der Waals surface area contributed by atoms with Gasteiger partial charge < -0.3 is 10.0 Å². The number of hydrogen-bond acceptors (Lipinski definition) is 3. The van der Waals surface area contributed by atoms with Crippen LogP contribution in [0.25, 0.3) is 5.57 Å². The molecule has 1 fully saturated rings. The molecule has 0 radical (unpaired) electrons. The molecule has 0 spiro atoms. The molecule has 3 nitrogen and oxygen atoms in total. The van der Waals surface area contributed by atoms with Gasteiger partial charge in [0.25, 0.3) is 0 Å². The van der Waals surface area contributed by atoms with Crippen LogP contribution < -0.4 is 0 Å². The Bertz CT molecular complexity index is 817. The van der Waals surface area contributed by atoms with E-state index in [0.717, 1.165) is 45.3 Å². The van der Waals surface area contributed by atoms with E-state index in [1.54, 1.807) is 5.57 Å². The molecule has 1 N–H and O–H groups in total. The van der Waals surface area contributed by atoms with Crippen LogP contribution in [0, 0.1) is 0 Å². The molecule has 0 aliphatic carbocycles. The van der Waals surface area contributed by atoms with Gasteiger partial charge in [-0.25, -0.2) is 0 Å². The lowest BCUT2D eigenvalue weighted by Gasteiger charge is -2.32. The summed E-state index contributed by atoms with van der Waals surface area (Å²) in [6, 6.07) is 17.5. The number of benzene rings is 2. The minimum absolute atomic E-state index is 0.286. The standard InChI is InChI=1S/C23H25NO2S/c25-22(26)11-5-6-14-24-15-12-17(13-16-24)23-18-7-1-3-9-20(18)27-21-10-4-2-8-19(21)23/h1-4,7-10H,5-6,11-16H2,(H,25,26). The average Bonchev–Trinajstić information content (AvgIpc) is 2.70. The zero-order valence-electron chi connectivity index (χ0n) is 15.5. The van der Waals surface area contributed by atoms with Crippen LogP contribution in [0.15, 0.2) is 63.9 Å². The van der Waals surface area contributed by atoms with Crippen molar-refractivity contribution in [2.45, 2.75) is 41.9 Å². The second kappa shape index (κ2) is 8.32. The summed E-state index contributed by atoms with van der Waals surface area (Å²) in [5.41, 5.74) is 5.78. The first kappa shape index (κ1) is 18.3. The SMILES string of the molecule is O=C(O)CCCCN1CCC(=C2c3ccccc3Sc3ccccc32)CC1. The third kappa shape index (κ3) is 4.12. The van der Waals surface area contributed by atoms with Gasteiger partial charge in [-0.05, 0) is 61.1 Å². The fourth-order valence-corrected chi connectivity index (χ4v) is 5.17. The minimum atomic E-state index is -0.687. The first-order valence-corrected chi connectivity index (χ1v) is 10.6. The highest BCUT2D eigenvalue weighted by Crippen LogP contribution is 2.47. The second-order valence-electron chi connectivity index (χ2n) is 7.27. The quantitative estimate of drug-likeness (QED) is 0.611. The molecule has 2 aliphatic heterocycles. The van der Waals surface area contributed by atoms with E-state index in [2.05, 4.69) is 53.4 Å². The number of rotatable bonds is 5. The maximum absolute atomic E-state index is 10.6. The van der Waals surface area contributed by atoms with E-state index in [4.69, 9.17) is 5.11 Å². The Morgan fingerprint density at radius 3 is 2.11 bits per heavy atom. The number of likely N-dealkylation sites (tertiary alicyclic amines) is 1. The highest BCUT2D eigenvalue weighted by molar-refractivity contribution is 7.99. The molecule has 27 heavy (non-hydrogen) atoms. The van der Waals surface area contributed by atoms with Gasteiger partial charge in [-0.1, -0.05) is 53.7 Å². The lowest BCUT2D eigenvalue weighted by Crippen LogP contribution is -2.32. The molecule has 0 unspecified atom stereocenters. The van der Waals surface area contributed by atoms with E-state index in [0.29, 0.717) is 0 Å². The summed E-state index contributed by atoms with van der Waals surface area (Å²) < 4.78 is 0. The lowest BCUT2D eigenvalue weighted by atomic mass is 9.88. The van der Waals surface area contributed by atoms with Crippen molar-refractivity contribution in [3.63, 3.8) is 0 Å². The summed E-state index contributed by atoms with van der Waals surface area (Å²) in [5, 5.41) is 8.77. The van der Waals surface area contributed by atoms with Crippen LogP contribution in [0.2, 0.25) is 0 Å². The number of hydrogen-bond donors (Lipinski definition) is 1. The third-order valence-corrected chi connectivity index (χ3v) is 6.61. The van der Waals surface area contributed by atoms with Crippen LogP contribution in [0.1, 0.15) is 43.2 Å². The van der Waals surface area contributed by atoms with Crippen molar-refractivity contribution in [2.75, 3.05) is 19.6 Å². The molecule has 0 bridgehead atoms. The highest BCUT2D eigenvalue weighted by Gasteiger charge is 2.25. The van der Waals surface area contributed by atoms with Crippen molar-refractivity contribution in [2.24, 2.45) is 0 Å². The summed E-state index contributed by atoms with van der Waals surface area (Å²) in [6.07, 6.45) is 4.23. The fourth-order valence-electron chi connectivity index (χ4n) is 4.08. The van der Waals surface area contributed by atoms with E-state index in [-0.39, 0.29) is 6.42 Å². The highest BCUT2D eigenvalue weighted by atomic mass is 32.2. The van der Waals surface area contributed by atoms with Crippen molar-refractivity contribution >= 4 is 23.3 Å². The van der Waals surface area contributed by atoms with Gasteiger partial charge >= 0.3 is 5.97 Å². The monoisotopic (exact) mass is 379 g/mol. The number of aliphatic carboxylic acids is 1. The second-order valence-corrected chi connectivity index (χ2v) is 8.35.